The first kappa shape index (κ1) is 23.0. The van der Waals surface area contributed by atoms with Crippen LogP contribution in [0.25, 0.3) is 0 Å². The van der Waals surface area contributed by atoms with E-state index in [2.05, 4.69) is 5.32 Å². The highest BCUT2D eigenvalue weighted by Crippen LogP contribution is 2.41. The molecular formula is C26H25N3O5. The maximum absolute atomic E-state index is 13.5. The molecule has 0 aromatic heterocycles. The van der Waals surface area contributed by atoms with Crippen LogP contribution in [0.4, 0.5) is 17.1 Å². The lowest BCUT2D eigenvalue weighted by Crippen LogP contribution is -2.24. The molecule has 0 aliphatic heterocycles. The Morgan fingerprint density at radius 2 is 1.56 bits per heavy atom. The van der Waals surface area contributed by atoms with Crippen LogP contribution >= 0.6 is 0 Å². The van der Waals surface area contributed by atoms with Crippen molar-refractivity contribution in [1.82, 2.24) is 4.90 Å². The Kier molecular flexibility index (Phi) is 6.34. The molecule has 3 aromatic rings. The number of carbonyl (C=O) groups is 3. The molecule has 8 heteroatoms. The minimum absolute atomic E-state index is 0.0802. The van der Waals surface area contributed by atoms with E-state index >= 15 is 0 Å². The number of likely N-dealkylation sites (N-methyl/N-ethyl adjacent to an activating group) is 1. The first-order valence-corrected chi connectivity index (χ1v) is 10.7. The van der Waals surface area contributed by atoms with Crippen molar-refractivity contribution >= 4 is 34.6 Å². The summed E-state index contributed by atoms with van der Waals surface area (Å²) in [5, 5.41) is 3.14. The van der Waals surface area contributed by atoms with Crippen LogP contribution in [0.15, 0.2) is 54.6 Å². The summed E-state index contributed by atoms with van der Waals surface area (Å²) < 4.78 is 10.8. The number of methoxy groups -OCH3 is 1. The molecule has 8 nitrogen and oxygen atoms in total. The van der Waals surface area contributed by atoms with E-state index in [0.29, 0.717) is 29.0 Å². The lowest BCUT2D eigenvalue weighted by atomic mass is 9.82. The number of ether oxygens (including phenoxy) is 2. The molecule has 3 aromatic carbocycles. The molecule has 34 heavy (non-hydrogen) atoms. The van der Waals surface area contributed by atoms with Crippen LogP contribution < -0.4 is 15.8 Å². The minimum Gasteiger partial charge on any atom is -0.494 e. The molecule has 0 saturated heterocycles. The average Bonchev–Trinajstić information content (AvgIpc) is 2.83. The summed E-state index contributed by atoms with van der Waals surface area (Å²) in [6.45, 7) is 0.815. The van der Waals surface area contributed by atoms with Crippen LogP contribution in [0.2, 0.25) is 0 Å². The third-order valence-corrected chi connectivity index (χ3v) is 5.61. The average molecular weight is 460 g/mol. The fourth-order valence-corrected chi connectivity index (χ4v) is 3.88. The van der Waals surface area contributed by atoms with Crippen molar-refractivity contribution in [1.29, 1.82) is 0 Å². The monoisotopic (exact) mass is 459 g/mol. The lowest BCUT2D eigenvalue weighted by Gasteiger charge is -2.24. The number of rotatable bonds is 7. The van der Waals surface area contributed by atoms with E-state index in [1.165, 1.54) is 7.11 Å². The van der Waals surface area contributed by atoms with Crippen molar-refractivity contribution in [3.63, 3.8) is 0 Å². The third kappa shape index (κ3) is 4.11. The van der Waals surface area contributed by atoms with Gasteiger partial charge in [0.25, 0.3) is 0 Å². The Morgan fingerprint density at radius 3 is 2.21 bits per heavy atom. The quantitative estimate of drug-likeness (QED) is 0.319. The van der Waals surface area contributed by atoms with E-state index in [4.69, 9.17) is 15.2 Å². The van der Waals surface area contributed by atoms with Crippen LogP contribution in [0.1, 0.15) is 42.2 Å². The zero-order chi connectivity index (χ0) is 24.4. The van der Waals surface area contributed by atoms with Gasteiger partial charge in [-0.15, -0.1) is 0 Å². The molecule has 0 fully saturated rings. The largest absolute Gasteiger partial charge is 0.494 e. The van der Waals surface area contributed by atoms with Crippen molar-refractivity contribution in [2.45, 2.75) is 0 Å². The van der Waals surface area contributed by atoms with Crippen molar-refractivity contribution in [2.75, 3.05) is 45.4 Å². The Hall–Kier alpha value is -4.17. The number of benzene rings is 3. The molecular weight excluding hydrogens is 434 g/mol. The fraction of sp³-hybridized carbons (Fsp3) is 0.192. The number of fused-ring (bicyclic) bond motifs is 2. The maximum atomic E-state index is 13.5. The summed E-state index contributed by atoms with van der Waals surface area (Å²) >= 11 is 0. The summed E-state index contributed by atoms with van der Waals surface area (Å²) in [6.07, 6.45) is 0. The number of para-hydroxylation sites is 1. The molecule has 174 valence electrons. The number of nitrogen functional groups attached to an aromatic ring is 1. The molecule has 0 heterocycles. The van der Waals surface area contributed by atoms with Gasteiger partial charge in [0, 0.05) is 23.7 Å². The second kappa shape index (κ2) is 9.36. The number of hydrogen-bond acceptors (Lipinski definition) is 8. The van der Waals surface area contributed by atoms with E-state index in [1.54, 1.807) is 54.6 Å². The van der Waals surface area contributed by atoms with Gasteiger partial charge >= 0.3 is 5.97 Å². The number of anilines is 3. The van der Waals surface area contributed by atoms with Crippen molar-refractivity contribution in [2.24, 2.45) is 0 Å². The van der Waals surface area contributed by atoms with Gasteiger partial charge in [-0.3, -0.25) is 9.59 Å². The Balaban J connectivity index is 1.79. The van der Waals surface area contributed by atoms with E-state index < -0.39 is 5.97 Å². The van der Waals surface area contributed by atoms with E-state index in [9.17, 15) is 14.4 Å². The number of hydrogen-bond donors (Lipinski definition) is 2. The number of nitrogens with two attached hydrogens (primary N) is 1. The highest BCUT2D eigenvalue weighted by molar-refractivity contribution is 6.32. The van der Waals surface area contributed by atoms with Crippen LogP contribution in [0.5, 0.6) is 5.75 Å². The first-order valence-electron chi connectivity index (χ1n) is 10.7. The minimum atomic E-state index is -0.506. The second-order valence-electron chi connectivity index (χ2n) is 8.10. The summed E-state index contributed by atoms with van der Waals surface area (Å²) in [6, 6.07) is 15.0. The normalized spacial score (nSPS) is 12.2. The molecule has 0 radical (unpaired) electrons. The zero-order valence-electron chi connectivity index (χ0n) is 19.2. The van der Waals surface area contributed by atoms with Gasteiger partial charge in [-0.1, -0.05) is 36.4 Å². The molecule has 1 aliphatic rings. The number of nitrogens with one attached hydrogen (secondary N) is 1. The maximum Gasteiger partial charge on any atom is 0.340 e. The number of ketones is 2. The van der Waals surface area contributed by atoms with E-state index in [0.717, 1.165) is 0 Å². The fourth-order valence-electron chi connectivity index (χ4n) is 3.88. The lowest BCUT2D eigenvalue weighted by molar-refractivity contribution is 0.0483. The van der Waals surface area contributed by atoms with Crippen LogP contribution in [0, 0.1) is 0 Å². The molecule has 0 saturated carbocycles. The smallest absolute Gasteiger partial charge is 0.340 e. The summed E-state index contributed by atoms with van der Waals surface area (Å²) in [5.41, 5.74) is 8.15. The van der Waals surface area contributed by atoms with Gasteiger partial charge in [-0.05, 0) is 26.2 Å². The molecule has 1 aliphatic carbocycles. The molecule has 0 atom stereocenters. The summed E-state index contributed by atoms with van der Waals surface area (Å²) in [4.78, 5) is 41.4. The van der Waals surface area contributed by atoms with Gasteiger partial charge in [-0.25, -0.2) is 4.79 Å². The van der Waals surface area contributed by atoms with Gasteiger partial charge in [0.15, 0.2) is 11.6 Å². The van der Waals surface area contributed by atoms with E-state index in [-0.39, 0.29) is 46.3 Å². The van der Waals surface area contributed by atoms with Crippen LogP contribution in [-0.4, -0.2) is 56.8 Å². The topological polar surface area (TPSA) is 111 Å². The second-order valence-corrected chi connectivity index (χ2v) is 8.10. The molecule has 3 N–H and O–H groups in total. The predicted octanol–water partition coefficient (Wildman–Crippen LogP) is 3.51. The highest BCUT2D eigenvalue weighted by Gasteiger charge is 2.35. The highest BCUT2D eigenvalue weighted by atomic mass is 16.5. The van der Waals surface area contributed by atoms with Crippen molar-refractivity contribution in [3.05, 3.63) is 82.4 Å². The predicted molar refractivity (Wildman–Crippen MR) is 129 cm³/mol. The van der Waals surface area contributed by atoms with Gasteiger partial charge < -0.3 is 25.4 Å². The Labute approximate surface area is 197 Å². The molecule has 0 amide bonds. The SMILES string of the molecule is COc1cc(Nc2ccccc2C(=O)OCCN(C)C)c2c(c1N)C(=O)c1ccccc1C2=O. The van der Waals surface area contributed by atoms with Gasteiger partial charge in [0.1, 0.15) is 12.4 Å². The third-order valence-electron chi connectivity index (χ3n) is 5.61. The van der Waals surface area contributed by atoms with Gasteiger partial charge in [-0.2, -0.15) is 0 Å². The zero-order valence-corrected chi connectivity index (χ0v) is 19.2. The first-order chi connectivity index (χ1) is 16.3. The molecule has 0 unspecified atom stereocenters. The van der Waals surface area contributed by atoms with Gasteiger partial charge in [0.2, 0.25) is 0 Å². The molecule has 4 rings (SSSR count). The Bertz CT molecular complexity index is 1300. The van der Waals surface area contributed by atoms with Crippen LogP contribution in [0.3, 0.4) is 0 Å². The summed E-state index contributed by atoms with van der Waals surface area (Å²) in [7, 11) is 5.20. The van der Waals surface area contributed by atoms with E-state index in [1.807, 2.05) is 19.0 Å². The number of esters is 1. The van der Waals surface area contributed by atoms with Crippen LogP contribution in [-0.2, 0) is 4.74 Å². The van der Waals surface area contributed by atoms with Gasteiger partial charge in [0.05, 0.1) is 40.9 Å². The standard InChI is InChI=1S/C26H25N3O5/c1-29(2)12-13-34-26(32)17-10-6-7-11-18(17)28-19-14-20(33-3)23(27)22-21(19)24(30)15-8-4-5-9-16(15)25(22)31/h4-11,14,28H,12-13,27H2,1-3H3. The van der Waals surface area contributed by atoms with Crippen molar-refractivity contribution in [3.8, 4) is 5.75 Å². The van der Waals surface area contributed by atoms with Crippen molar-refractivity contribution < 1.29 is 23.9 Å². The molecule has 0 spiro atoms. The summed E-state index contributed by atoms with van der Waals surface area (Å²) in [5.74, 6) is -0.962. The number of nitrogens with zero attached hydrogens (tertiary/aromatic N) is 1. The Morgan fingerprint density at radius 1 is 0.941 bits per heavy atom. The molecule has 0 bridgehead atoms. The number of carbonyl (C=O) groups excluding carboxylic acids is 3.